The van der Waals surface area contributed by atoms with Gasteiger partial charge in [0.1, 0.15) is 0 Å². The molecule has 0 unspecified atom stereocenters. The van der Waals surface area contributed by atoms with Gasteiger partial charge >= 0.3 is 6.09 Å². The number of amides is 1. The smallest absolute Gasteiger partial charge is 0.405 e. The summed E-state index contributed by atoms with van der Waals surface area (Å²) in [6.45, 7) is 1.79. The van der Waals surface area contributed by atoms with Crippen molar-refractivity contribution < 1.29 is 14.6 Å². The highest BCUT2D eigenvalue weighted by atomic mass is 16.5. The van der Waals surface area contributed by atoms with Gasteiger partial charge < -0.3 is 19.6 Å². The number of carbonyl (C=O) groups is 1. The Balaban J connectivity index is 2.03. The second-order valence-electron chi connectivity index (χ2n) is 5.09. The van der Waals surface area contributed by atoms with Gasteiger partial charge in [0.05, 0.1) is 18.8 Å². The zero-order chi connectivity index (χ0) is 16.4. The van der Waals surface area contributed by atoms with Gasteiger partial charge in [-0.1, -0.05) is 18.2 Å². The van der Waals surface area contributed by atoms with Crippen LogP contribution in [0.2, 0.25) is 0 Å². The molecule has 1 atom stereocenters. The number of imidazole rings is 1. The van der Waals surface area contributed by atoms with Crippen LogP contribution >= 0.6 is 0 Å². The molecule has 118 valence electrons. The van der Waals surface area contributed by atoms with E-state index in [1.54, 1.807) is 20.2 Å². The van der Waals surface area contributed by atoms with Gasteiger partial charge in [0, 0.05) is 24.2 Å². The maximum absolute atomic E-state index is 10.8. The lowest BCUT2D eigenvalue weighted by Gasteiger charge is -2.13. The third-order valence-corrected chi connectivity index (χ3v) is 3.56. The second kappa shape index (κ2) is 5.96. The predicted octanol–water partition coefficient (Wildman–Crippen LogP) is 2.73. The lowest BCUT2D eigenvalue weighted by atomic mass is 10.0. The first-order chi connectivity index (χ1) is 11.1. The van der Waals surface area contributed by atoms with Gasteiger partial charge in [-0.05, 0) is 18.6 Å². The highest BCUT2D eigenvalue weighted by molar-refractivity contribution is 5.66. The van der Waals surface area contributed by atoms with Gasteiger partial charge in [0.15, 0.2) is 5.65 Å². The number of nitrogens with zero attached hydrogens (tertiary/aromatic N) is 3. The Morgan fingerprint density at radius 3 is 3.00 bits per heavy atom. The molecule has 2 N–H and O–H groups in total. The van der Waals surface area contributed by atoms with Crippen molar-refractivity contribution in [2.75, 3.05) is 7.11 Å². The minimum absolute atomic E-state index is 0.314. The Kier molecular flexibility index (Phi) is 3.84. The normalized spacial score (nSPS) is 12.1. The van der Waals surface area contributed by atoms with E-state index in [4.69, 9.17) is 9.84 Å². The summed E-state index contributed by atoms with van der Waals surface area (Å²) in [5, 5.41) is 11.3. The molecule has 0 spiro atoms. The van der Waals surface area contributed by atoms with Gasteiger partial charge in [-0.25, -0.2) is 14.8 Å². The summed E-state index contributed by atoms with van der Waals surface area (Å²) in [5.41, 5.74) is 3.09. The Morgan fingerprint density at radius 2 is 2.26 bits per heavy atom. The van der Waals surface area contributed by atoms with E-state index in [0.717, 1.165) is 16.8 Å². The van der Waals surface area contributed by atoms with E-state index in [1.807, 2.05) is 41.1 Å². The number of methoxy groups -OCH3 is 1. The van der Waals surface area contributed by atoms with Crippen LogP contribution in [0.5, 0.6) is 5.88 Å². The standard InChI is InChI=1S/C16H16N4O3/c1-10(18-16(21)22)11-4-3-5-12(8-11)13-9-20-7-6-17-14(20)15(19-13)23-2/h3-10,18H,1-2H3,(H,21,22)/t10-/m1/s1. The topological polar surface area (TPSA) is 88.8 Å². The fraction of sp³-hybridized carbons (Fsp3) is 0.188. The summed E-state index contributed by atoms with van der Waals surface area (Å²) in [6, 6.07) is 7.26. The van der Waals surface area contributed by atoms with Crippen LogP contribution in [0.3, 0.4) is 0 Å². The molecule has 2 heterocycles. The van der Waals surface area contributed by atoms with E-state index in [9.17, 15) is 4.79 Å². The summed E-state index contributed by atoms with van der Waals surface area (Å²) >= 11 is 0. The average Bonchev–Trinajstić information content (AvgIpc) is 3.02. The first-order valence-corrected chi connectivity index (χ1v) is 7.06. The molecule has 7 heteroatoms. The van der Waals surface area contributed by atoms with E-state index in [2.05, 4.69) is 15.3 Å². The van der Waals surface area contributed by atoms with Gasteiger partial charge in [-0.2, -0.15) is 0 Å². The quantitative estimate of drug-likeness (QED) is 0.773. The van der Waals surface area contributed by atoms with E-state index in [-0.39, 0.29) is 6.04 Å². The summed E-state index contributed by atoms with van der Waals surface area (Å²) < 4.78 is 7.13. The average molecular weight is 312 g/mol. The maximum Gasteiger partial charge on any atom is 0.405 e. The number of hydrogen-bond acceptors (Lipinski definition) is 4. The van der Waals surface area contributed by atoms with Crippen molar-refractivity contribution >= 4 is 11.7 Å². The van der Waals surface area contributed by atoms with E-state index < -0.39 is 6.09 Å². The van der Waals surface area contributed by atoms with Crippen LogP contribution in [-0.4, -0.2) is 32.7 Å². The number of fused-ring (bicyclic) bond motifs is 1. The van der Waals surface area contributed by atoms with Crippen molar-refractivity contribution in [1.82, 2.24) is 19.7 Å². The zero-order valence-corrected chi connectivity index (χ0v) is 12.7. The van der Waals surface area contributed by atoms with Crippen molar-refractivity contribution in [3.63, 3.8) is 0 Å². The number of rotatable bonds is 4. The molecule has 1 amide bonds. The minimum atomic E-state index is -1.05. The molecule has 3 aromatic rings. The number of benzene rings is 1. The summed E-state index contributed by atoms with van der Waals surface area (Å²) in [4.78, 5) is 19.5. The molecule has 23 heavy (non-hydrogen) atoms. The van der Waals surface area contributed by atoms with Crippen LogP contribution in [-0.2, 0) is 0 Å². The molecule has 0 saturated heterocycles. The van der Waals surface area contributed by atoms with Gasteiger partial charge in [-0.15, -0.1) is 0 Å². The Morgan fingerprint density at radius 1 is 1.43 bits per heavy atom. The Bertz CT molecular complexity index is 859. The molecule has 0 bridgehead atoms. The first-order valence-electron chi connectivity index (χ1n) is 7.06. The third kappa shape index (κ3) is 2.94. The van der Waals surface area contributed by atoms with Crippen LogP contribution in [0.25, 0.3) is 16.9 Å². The van der Waals surface area contributed by atoms with Crippen LogP contribution in [0.4, 0.5) is 4.79 Å². The predicted molar refractivity (Wildman–Crippen MR) is 84.6 cm³/mol. The molecule has 0 saturated carbocycles. The van der Waals surface area contributed by atoms with Gasteiger partial charge in [0.25, 0.3) is 5.88 Å². The number of hydrogen-bond donors (Lipinski definition) is 2. The van der Waals surface area contributed by atoms with Crippen molar-refractivity contribution in [3.8, 4) is 17.1 Å². The molecule has 0 fully saturated rings. The molecule has 1 aromatic carbocycles. The van der Waals surface area contributed by atoms with Gasteiger partial charge in [0.2, 0.25) is 0 Å². The van der Waals surface area contributed by atoms with E-state index in [1.165, 1.54) is 0 Å². The van der Waals surface area contributed by atoms with Crippen LogP contribution < -0.4 is 10.1 Å². The second-order valence-corrected chi connectivity index (χ2v) is 5.09. The van der Waals surface area contributed by atoms with Crippen molar-refractivity contribution in [3.05, 3.63) is 48.4 Å². The molecule has 0 aliphatic carbocycles. The van der Waals surface area contributed by atoms with Crippen LogP contribution in [0.15, 0.2) is 42.9 Å². The molecule has 0 aliphatic heterocycles. The number of aromatic nitrogens is 3. The molecule has 0 aliphatic rings. The summed E-state index contributed by atoms with van der Waals surface area (Å²) in [6.07, 6.45) is 4.31. The lowest BCUT2D eigenvalue weighted by Crippen LogP contribution is -2.24. The Labute approximate surface area is 132 Å². The fourth-order valence-electron chi connectivity index (χ4n) is 2.41. The lowest BCUT2D eigenvalue weighted by molar-refractivity contribution is 0.191. The molecule has 2 aromatic heterocycles. The highest BCUT2D eigenvalue weighted by Crippen LogP contribution is 2.25. The van der Waals surface area contributed by atoms with Gasteiger partial charge in [-0.3, -0.25) is 0 Å². The van der Waals surface area contributed by atoms with Crippen LogP contribution in [0.1, 0.15) is 18.5 Å². The number of carboxylic acid groups (broad SMARTS) is 1. The number of nitrogens with one attached hydrogen (secondary N) is 1. The van der Waals surface area contributed by atoms with E-state index >= 15 is 0 Å². The molecular formula is C16H16N4O3. The third-order valence-electron chi connectivity index (χ3n) is 3.56. The number of ether oxygens (including phenoxy) is 1. The largest absolute Gasteiger partial charge is 0.478 e. The monoisotopic (exact) mass is 312 g/mol. The maximum atomic E-state index is 10.8. The first kappa shape index (κ1) is 14.8. The van der Waals surface area contributed by atoms with Crippen molar-refractivity contribution in [2.24, 2.45) is 0 Å². The van der Waals surface area contributed by atoms with E-state index in [0.29, 0.717) is 11.5 Å². The fourth-order valence-corrected chi connectivity index (χ4v) is 2.41. The van der Waals surface area contributed by atoms with Crippen LogP contribution in [0, 0.1) is 0 Å². The molecule has 0 radical (unpaired) electrons. The summed E-state index contributed by atoms with van der Waals surface area (Å²) in [7, 11) is 1.55. The molecular weight excluding hydrogens is 296 g/mol. The van der Waals surface area contributed by atoms with Crippen molar-refractivity contribution in [2.45, 2.75) is 13.0 Å². The minimum Gasteiger partial charge on any atom is -0.478 e. The van der Waals surface area contributed by atoms with Crippen molar-refractivity contribution in [1.29, 1.82) is 0 Å². The molecule has 7 nitrogen and oxygen atoms in total. The highest BCUT2D eigenvalue weighted by Gasteiger charge is 2.12. The zero-order valence-electron chi connectivity index (χ0n) is 12.7. The SMILES string of the molecule is COc1nc(-c2cccc([C@@H](C)NC(=O)O)c2)cn2ccnc12. The summed E-state index contributed by atoms with van der Waals surface area (Å²) in [5.74, 6) is 0.439. The molecule has 3 rings (SSSR count). The Hall–Kier alpha value is -3.09.